The molecule has 0 aliphatic heterocycles. The van der Waals surface area contributed by atoms with Gasteiger partial charge in [0.25, 0.3) is 17.3 Å². The maximum absolute atomic E-state index is 13.1. The summed E-state index contributed by atoms with van der Waals surface area (Å²) in [5.41, 5.74) is 0.886. The second-order valence-corrected chi connectivity index (χ2v) is 11.8. The zero-order valence-corrected chi connectivity index (χ0v) is 21.7. The number of anilines is 1. The summed E-state index contributed by atoms with van der Waals surface area (Å²) in [4.78, 5) is 29.9. The maximum Gasteiger partial charge on any atom is 0.263 e. The van der Waals surface area contributed by atoms with E-state index in [0.717, 1.165) is 5.56 Å². The zero-order valence-electron chi connectivity index (χ0n) is 20.0. The molecule has 5 rings (SSSR count). The Kier molecular flexibility index (Phi) is 6.55. The largest absolute Gasteiger partial charge is 0.473 e. The van der Waals surface area contributed by atoms with Crippen LogP contribution in [0.25, 0.3) is 10.9 Å². The molecule has 3 heterocycles. The molecule has 0 spiro atoms. The number of aryl methyl sites for hydroxylation is 1. The molecule has 0 bridgehead atoms. The van der Waals surface area contributed by atoms with Crippen molar-refractivity contribution in [2.24, 2.45) is 7.05 Å². The number of fused-ring (bicyclic) bond motifs is 1. The average Bonchev–Trinajstić information content (AvgIpc) is 3.57. The molecule has 14 heteroatoms. The highest BCUT2D eigenvalue weighted by molar-refractivity contribution is 7.94. The number of carbonyl (C=O) groups is 1. The van der Waals surface area contributed by atoms with E-state index in [-0.39, 0.29) is 38.1 Å². The number of ether oxygens (including phenoxy) is 1. The molecule has 1 aliphatic carbocycles. The summed E-state index contributed by atoms with van der Waals surface area (Å²) >= 11 is 1.17. The molecule has 198 valence electrons. The van der Waals surface area contributed by atoms with Crippen LogP contribution in [-0.2, 0) is 23.6 Å². The maximum atomic E-state index is 13.1. The van der Waals surface area contributed by atoms with E-state index in [2.05, 4.69) is 25.2 Å². The van der Waals surface area contributed by atoms with Crippen LogP contribution < -0.4 is 20.3 Å². The lowest BCUT2D eigenvalue weighted by molar-refractivity contribution is 0.0949. The Labute approximate surface area is 223 Å². The van der Waals surface area contributed by atoms with Gasteiger partial charge in [-0.05, 0) is 36.6 Å². The number of sulfonamides is 1. The summed E-state index contributed by atoms with van der Waals surface area (Å²) in [6.07, 6.45) is 3.70. The molecular formula is C24H25N7O5S2. The second kappa shape index (κ2) is 9.84. The number of pyridine rings is 1. The lowest BCUT2D eigenvalue weighted by atomic mass is 10.1. The molecule has 3 aromatic heterocycles. The van der Waals surface area contributed by atoms with E-state index in [9.17, 15) is 18.0 Å². The van der Waals surface area contributed by atoms with Gasteiger partial charge in [0.2, 0.25) is 10.0 Å². The molecule has 38 heavy (non-hydrogen) atoms. The number of thiazole rings is 1. The number of amides is 1. The number of nitrogens with one attached hydrogen (secondary N) is 2. The molecule has 12 nitrogen and oxygen atoms in total. The summed E-state index contributed by atoms with van der Waals surface area (Å²) < 4.78 is 34.3. The predicted molar refractivity (Wildman–Crippen MR) is 143 cm³/mol. The number of rotatable bonds is 9. The predicted octanol–water partition coefficient (Wildman–Crippen LogP) is 2.43. The third-order valence-corrected chi connectivity index (χ3v) is 9.22. The second-order valence-electron chi connectivity index (χ2n) is 8.78. The number of carbonyl (C=O) groups excluding carboxylic acids is 1. The molecule has 0 saturated heterocycles. The Balaban J connectivity index is 0.00000220. The van der Waals surface area contributed by atoms with Gasteiger partial charge in [-0.1, -0.05) is 12.1 Å². The monoisotopic (exact) mass is 555 g/mol. The summed E-state index contributed by atoms with van der Waals surface area (Å²) in [7, 11) is -2.30. The van der Waals surface area contributed by atoms with Crippen LogP contribution in [0, 0.1) is 11.3 Å². The van der Waals surface area contributed by atoms with E-state index in [1.54, 1.807) is 29.6 Å². The quantitative estimate of drug-likeness (QED) is 0.315. The van der Waals surface area contributed by atoms with Crippen LogP contribution in [0.15, 0.2) is 52.9 Å². The van der Waals surface area contributed by atoms with E-state index < -0.39 is 26.2 Å². The molecule has 0 atom stereocenters. The van der Waals surface area contributed by atoms with E-state index in [4.69, 9.17) is 10.00 Å². The highest BCUT2D eigenvalue weighted by Gasteiger charge is 2.56. The summed E-state index contributed by atoms with van der Waals surface area (Å²) in [6.45, 7) is -0.0250. The number of aromatic nitrogens is 4. The van der Waals surface area contributed by atoms with Gasteiger partial charge in [-0.3, -0.25) is 14.3 Å². The molecule has 1 fully saturated rings. The Morgan fingerprint density at radius 3 is 2.74 bits per heavy atom. The minimum absolute atomic E-state index is 0. The van der Waals surface area contributed by atoms with E-state index in [0.29, 0.717) is 23.8 Å². The topological polar surface area (TPSA) is 169 Å². The van der Waals surface area contributed by atoms with Gasteiger partial charge in [-0.25, -0.2) is 13.4 Å². The van der Waals surface area contributed by atoms with Crippen LogP contribution in [0.1, 0.15) is 37.2 Å². The van der Waals surface area contributed by atoms with Crippen molar-refractivity contribution in [1.29, 1.82) is 5.26 Å². The van der Waals surface area contributed by atoms with E-state index in [1.165, 1.54) is 41.4 Å². The van der Waals surface area contributed by atoms with Crippen molar-refractivity contribution in [2.75, 3.05) is 11.3 Å². The number of nitriles is 1. The standard InChI is InChI=1S/C24H21N7O5S2.2H2/c1-31-19-17(10-18(22(31)33)20(32)27-12-16-4-2-15(11-25)3-5-16)13-28-29-21(19)36-14-24(6-7-24)38(34,35)30-23-26-8-9-37-23;;/h2-5,8-10,13H,6-7,12,14H2,1H3,(H,26,30)(H,27,32);2*1H. The SMILES string of the molecule is Cn1c(=O)c(C(=O)NCc2ccc(C#N)cc2)cc2cnnc(OCC3(S(=O)(=O)Nc4nccs4)CC3)c21.[HH].[HH]. The summed E-state index contributed by atoms with van der Waals surface area (Å²) in [5.74, 6) is -0.588. The van der Waals surface area contributed by atoms with Crippen molar-refractivity contribution in [1.82, 2.24) is 25.1 Å². The fourth-order valence-electron chi connectivity index (χ4n) is 3.88. The van der Waals surface area contributed by atoms with Crippen LogP contribution in [0.5, 0.6) is 5.88 Å². The number of hydrogen-bond acceptors (Lipinski definition) is 10. The van der Waals surface area contributed by atoms with Gasteiger partial charge in [-0.15, -0.1) is 16.4 Å². The van der Waals surface area contributed by atoms with E-state index >= 15 is 0 Å². The fourth-order valence-corrected chi connectivity index (χ4v) is 6.13. The number of hydrogen-bond donors (Lipinski definition) is 2. The first-order valence-electron chi connectivity index (χ1n) is 11.4. The molecule has 1 aromatic carbocycles. The van der Waals surface area contributed by atoms with Crippen molar-refractivity contribution in [3.8, 4) is 11.9 Å². The third kappa shape index (κ3) is 4.81. The van der Waals surface area contributed by atoms with Gasteiger partial charge in [0.05, 0.1) is 17.8 Å². The van der Waals surface area contributed by atoms with Gasteiger partial charge in [-0.2, -0.15) is 10.4 Å². The molecule has 1 saturated carbocycles. The molecule has 4 aromatic rings. The van der Waals surface area contributed by atoms with Crippen molar-refractivity contribution in [3.63, 3.8) is 0 Å². The normalized spacial score (nSPS) is 14.0. The van der Waals surface area contributed by atoms with Crippen molar-refractivity contribution >= 4 is 43.3 Å². The van der Waals surface area contributed by atoms with Crippen LogP contribution in [0.2, 0.25) is 0 Å². The molecule has 0 unspecified atom stereocenters. The van der Waals surface area contributed by atoms with Gasteiger partial charge < -0.3 is 14.6 Å². The van der Waals surface area contributed by atoms with Gasteiger partial charge in [0.15, 0.2) is 5.13 Å². The van der Waals surface area contributed by atoms with Crippen LogP contribution in [-0.4, -0.2) is 45.4 Å². The molecule has 1 aliphatic rings. The van der Waals surface area contributed by atoms with Crippen LogP contribution >= 0.6 is 11.3 Å². The molecule has 0 radical (unpaired) electrons. The lowest BCUT2D eigenvalue weighted by Gasteiger charge is -2.18. The third-order valence-electron chi connectivity index (χ3n) is 6.28. The van der Waals surface area contributed by atoms with Crippen molar-refractivity contribution < 1.29 is 20.8 Å². The first-order chi connectivity index (χ1) is 18.2. The van der Waals surface area contributed by atoms with E-state index in [1.807, 2.05) is 6.07 Å². The Hall–Kier alpha value is -4.35. The first-order valence-corrected chi connectivity index (χ1v) is 13.8. The minimum Gasteiger partial charge on any atom is -0.473 e. The first kappa shape index (κ1) is 25.3. The van der Waals surface area contributed by atoms with Crippen molar-refractivity contribution in [3.05, 3.63) is 75.1 Å². The molecular weight excluding hydrogens is 530 g/mol. The Bertz CT molecular complexity index is 1730. The number of nitrogens with zero attached hydrogens (tertiary/aromatic N) is 5. The summed E-state index contributed by atoms with van der Waals surface area (Å²) in [6, 6.07) is 10.2. The van der Waals surface area contributed by atoms with Gasteiger partial charge in [0, 0.05) is 33.4 Å². The lowest BCUT2D eigenvalue weighted by Crippen LogP contribution is -2.35. The van der Waals surface area contributed by atoms with Crippen molar-refractivity contribution in [2.45, 2.75) is 24.1 Å². The Morgan fingerprint density at radius 1 is 1.32 bits per heavy atom. The highest BCUT2D eigenvalue weighted by atomic mass is 32.2. The Morgan fingerprint density at radius 2 is 2.08 bits per heavy atom. The summed E-state index contributed by atoms with van der Waals surface area (Å²) in [5, 5.41) is 21.9. The van der Waals surface area contributed by atoms with Crippen LogP contribution in [0.3, 0.4) is 0 Å². The van der Waals surface area contributed by atoms with Gasteiger partial charge in [0.1, 0.15) is 22.4 Å². The number of benzene rings is 1. The highest BCUT2D eigenvalue weighted by Crippen LogP contribution is 2.44. The average molecular weight is 556 g/mol. The fraction of sp³-hybridized carbons (Fsp3) is 0.250. The molecule has 2 N–H and O–H groups in total. The zero-order chi connectivity index (χ0) is 26.9. The van der Waals surface area contributed by atoms with Crippen LogP contribution in [0.4, 0.5) is 5.13 Å². The minimum atomic E-state index is -3.78. The smallest absolute Gasteiger partial charge is 0.263 e. The van der Waals surface area contributed by atoms with Gasteiger partial charge >= 0.3 is 0 Å². The molecule has 1 amide bonds.